The maximum atomic E-state index is 5.07. The normalized spacial score (nSPS) is 10.4. The number of hydrogen-bond donors (Lipinski definition) is 1. The highest BCUT2D eigenvalue weighted by Crippen LogP contribution is 2.06. The Balaban J connectivity index is 2.16. The first-order valence-corrected chi connectivity index (χ1v) is 7.16. The van der Waals surface area contributed by atoms with Gasteiger partial charge in [0.15, 0.2) is 0 Å². The van der Waals surface area contributed by atoms with Crippen molar-refractivity contribution in [1.29, 1.82) is 0 Å². The minimum absolute atomic E-state index is 0.684. The number of pyridine rings is 1. The number of halogens is 1. The summed E-state index contributed by atoms with van der Waals surface area (Å²) in [7, 11) is 1.64. The summed E-state index contributed by atoms with van der Waals surface area (Å²) < 4.78 is 6.33. The van der Waals surface area contributed by atoms with Gasteiger partial charge in [-0.05, 0) is 29.9 Å². The van der Waals surface area contributed by atoms with E-state index in [9.17, 15) is 0 Å². The SMILES string of the molecule is COc1cccc(CNCCCCCI)n1. The summed E-state index contributed by atoms with van der Waals surface area (Å²) in [5, 5.41) is 3.39. The van der Waals surface area contributed by atoms with Gasteiger partial charge < -0.3 is 10.1 Å². The van der Waals surface area contributed by atoms with Crippen molar-refractivity contribution in [2.75, 3.05) is 18.1 Å². The van der Waals surface area contributed by atoms with Crippen LogP contribution in [0.5, 0.6) is 5.88 Å². The molecule has 16 heavy (non-hydrogen) atoms. The molecule has 1 heterocycles. The lowest BCUT2D eigenvalue weighted by molar-refractivity contribution is 0.395. The Kier molecular flexibility index (Phi) is 7.50. The molecule has 90 valence electrons. The average Bonchev–Trinajstić information content (AvgIpc) is 2.34. The Morgan fingerprint density at radius 2 is 2.19 bits per heavy atom. The minimum atomic E-state index is 0.684. The highest BCUT2D eigenvalue weighted by molar-refractivity contribution is 14.1. The van der Waals surface area contributed by atoms with E-state index >= 15 is 0 Å². The van der Waals surface area contributed by atoms with Crippen LogP contribution < -0.4 is 10.1 Å². The topological polar surface area (TPSA) is 34.1 Å². The fraction of sp³-hybridized carbons (Fsp3) is 0.583. The number of nitrogens with one attached hydrogen (secondary N) is 1. The van der Waals surface area contributed by atoms with Gasteiger partial charge in [-0.25, -0.2) is 4.98 Å². The second-order valence-electron chi connectivity index (χ2n) is 3.60. The van der Waals surface area contributed by atoms with Gasteiger partial charge in [0.05, 0.1) is 12.8 Å². The zero-order chi connectivity index (χ0) is 11.6. The number of alkyl halides is 1. The predicted octanol–water partition coefficient (Wildman–Crippen LogP) is 2.79. The van der Waals surface area contributed by atoms with Gasteiger partial charge in [0.25, 0.3) is 0 Å². The first-order valence-electron chi connectivity index (χ1n) is 5.63. The van der Waals surface area contributed by atoms with Crippen LogP contribution in [0.2, 0.25) is 0 Å². The second-order valence-corrected chi connectivity index (χ2v) is 4.68. The highest BCUT2D eigenvalue weighted by Gasteiger charge is 1.96. The summed E-state index contributed by atoms with van der Waals surface area (Å²) >= 11 is 2.42. The van der Waals surface area contributed by atoms with Gasteiger partial charge in [-0.1, -0.05) is 35.1 Å². The molecule has 0 spiro atoms. The zero-order valence-corrected chi connectivity index (χ0v) is 11.9. The first kappa shape index (κ1) is 13.7. The van der Waals surface area contributed by atoms with Crippen LogP contribution in [0.1, 0.15) is 25.0 Å². The molecule has 0 bridgehead atoms. The molecule has 3 nitrogen and oxygen atoms in total. The van der Waals surface area contributed by atoms with Crippen LogP contribution in [-0.4, -0.2) is 23.1 Å². The van der Waals surface area contributed by atoms with Gasteiger partial charge in [0.1, 0.15) is 0 Å². The smallest absolute Gasteiger partial charge is 0.213 e. The standard InChI is InChI=1S/C12H19IN2O/c1-16-12-7-5-6-11(15-12)10-14-9-4-2-3-8-13/h5-7,14H,2-4,8-10H2,1H3. The van der Waals surface area contributed by atoms with E-state index in [0.717, 1.165) is 18.8 Å². The fourth-order valence-corrected chi connectivity index (χ4v) is 1.95. The molecule has 1 aromatic rings. The molecule has 0 amide bonds. The maximum absolute atomic E-state index is 5.07. The van der Waals surface area contributed by atoms with Gasteiger partial charge in [0.2, 0.25) is 5.88 Å². The van der Waals surface area contributed by atoms with Crippen molar-refractivity contribution in [3.63, 3.8) is 0 Å². The molecule has 0 radical (unpaired) electrons. The van der Waals surface area contributed by atoms with Crippen molar-refractivity contribution >= 4 is 22.6 Å². The number of ether oxygens (including phenoxy) is 1. The molecule has 0 aromatic carbocycles. The van der Waals surface area contributed by atoms with Gasteiger partial charge in [-0.3, -0.25) is 0 Å². The van der Waals surface area contributed by atoms with Gasteiger partial charge >= 0.3 is 0 Å². The molecular formula is C12H19IN2O. The van der Waals surface area contributed by atoms with E-state index in [1.807, 2.05) is 18.2 Å². The van der Waals surface area contributed by atoms with Crippen molar-refractivity contribution in [3.05, 3.63) is 23.9 Å². The largest absolute Gasteiger partial charge is 0.481 e. The lowest BCUT2D eigenvalue weighted by Crippen LogP contribution is -2.15. The molecule has 4 heteroatoms. The lowest BCUT2D eigenvalue weighted by atomic mass is 10.2. The van der Waals surface area contributed by atoms with Gasteiger partial charge in [-0.15, -0.1) is 0 Å². The average molecular weight is 334 g/mol. The summed E-state index contributed by atoms with van der Waals surface area (Å²) in [6.07, 6.45) is 3.87. The number of aromatic nitrogens is 1. The van der Waals surface area contributed by atoms with Crippen LogP contribution in [0.4, 0.5) is 0 Å². The molecular weight excluding hydrogens is 315 g/mol. The van der Waals surface area contributed by atoms with Crippen molar-refractivity contribution in [2.24, 2.45) is 0 Å². The number of rotatable bonds is 8. The van der Waals surface area contributed by atoms with Crippen LogP contribution in [-0.2, 0) is 6.54 Å². The third kappa shape index (κ3) is 5.65. The van der Waals surface area contributed by atoms with Crippen LogP contribution in [0.25, 0.3) is 0 Å². The molecule has 0 fully saturated rings. The van der Waals surface area contributed by atoms with E-state index in [1.54, 1.807) is 7.11 Å². The monoisotopic (exact) mass is 334 g/mol. The summed E-state index contributed by atoms with van der Waals surface area (Å²) in [6.45, 7) is 1.89. The van der Waals surface area contributed by atoms with E-state index < -0.39 is 0 Å². The van der Waals surface area contributed by atoms with Crippen molar-refractivity contribution in [3.8, 4) is 5.88 Å². The van der Waals surface area contributed by atoms with Crippen LogP contribution in [0, 0.1) is 0 Å². The Labute approximate surface area is 111 Å². The summed E-state index contributed by atoms with van der Waals surface area (Å²) in [4.78, 5) is 4.34. The molecule has 0 atom stereocenters. The van der Waals surface area contributed by atoms with Crippen molar-refractivity contribution in [1.82, 2.24) is 10.3 Å². The number of unbranched alkanes of at least 4 members (excludes halogenated alkanes) is 2. The Bertz CT molecular complexity index is 294. The Morgan fingerprint density at radius 3 is 2.94 bits per heavy atom. The fourth-order valence-electron chi connectivity index (χ4n) is 1.41. The van der Waals surface area contributed by atoms with Gasteiger partial charge in [0, 0.05) is 12.6 Å². The van der Waals surface area contributed by atoms with E-state index in [-0.39, 0.29) is 0 Å². The van der Waals surface area contributed by atoms with Crippen LogP contribution in [0.3, 0.4) is 0 Å². The molecule has 0 aliphatic rings. The molecule has 0 saturated carbocycles. The van der Waals surface area contributed by atoms with Crippen LogP contribution >= 0.6 is 22.6 Å². The van der Waals surface area contributed by atoms with E-state index in [2.05, 4.69) is 32.9 Å². The zero-order valence-electron chi connectivity index (χ0n) is 9.71. The van der Waals surface area contributed by atoms with E-state index in [4.69, 9.17) is 4.74 Å². The number of hydrogen-bond acceptors (Lipinski definition) is 3. The van der Waals surface area contributed by atoms with E-state index in [0.29, 0.717) is 5.88 Å². The molecule has 0 aliphatic heterocycles. The van der Waals surface area contributed by atoms with E-state index in [1.165, 1.54) is 23.7 Å². The molecule has 1 aromatic heterocycles. The minimum Gasteiger partial charge on any atom is -0.481 e. The highest BCUT2D eigenvalue weighted by atomic mass is 127. The molecule has 0 saturated heterocycles. The Hall–Kier alpha value is -0.360. The number of nitrogens with zero attached hydrogens (tertiary/aromatic N) is 1. The van der Waals surface area contributed by atoms with Crippen molar-refractivity contribution < 1.29 is 4.74 Å². The molecule has 0 aliphatic carbocycles. The van der Waals surface area contributed by atoms with Gasteiger partial charge in [-0.2, -0.15) is 0 Å². The van der Waals surface area contributed by atoms with Crippen molar-refractivity contribution in [2.45, 2.75) is 25.8 Å². The first-order chi connectivity index (χ1) is 7.86. The molecule has 1 N–H and O–H groups in total. The predicted molar refractivity (Wildman–Crippen MR) is 75.2 cm³/mol. The molecule has 0 unspecified atom stereocenters. The third-order valence-corrected chi connectivity index (χ3v) is 3.05. The van der Waals surface area contributed by atoms with Crippen LogP contribution in [0.15, 0.2) is 18.2 Å². The maximum Gasteiger partial charge on any atom is 0.213 e. The molecule has 1 rings (SSSR count). The lowest BCUT2D eigenvalue weighted by Gasteiger charge is -2.05. The second kappa shape index (κ2) is 8.75. The summed E-state index contributed by atoms with van der Waals surface area (Å²) in [5.41, 5.74) is 1.04. The quantitative estimate of drug-likeness (QED) is 0.451. The Morgan fingerprint density at radius 1 is 1.31 bits per heavy atom. The summed E-state index contributed by atoms with van der Waals surface area (Å²) in [6, 6.07) is 5.85. The third-order valence-electron chi connectivity index (χ3n) is 2.28. The summed E-state index contributed by atoms with van der Waals surface area (Å²) in [5.74, 6) is 0.684. The number of methoxy groups -OCH3 is 1.